The number of rotatable bonds is 8. The van der Waals surface area contributed by atoms with Crippen molar-refractivity contribution < 1.29 is 5.11 Å². The summed E-state index contributed by atoms with van der Waals surface area (Å²) in [6.07, 6.45) is 13.0. The highest BCUT2D eigenvalue weighted by Crippen LogP contribution is 2.18. The molecule has 0 spiro atoms. The zero-order valence-corrected chi connectivity index (χ0v) is 13.7. The number of aliphatic hydroxyl groups excluding tert-OH is 1. The highest BCUT2D eigenvalue weighted by molar-refractivity contribution is 5.62. The van der Waals surface area contributed by atoms with Crippen molar-refractivity contribution in [2.75, 3.05) is 0 Å². The lowest BCUT2D eigenvalue weighted by Gasteiger charge is -2.03. The highest BCUT2D eigenvalue weighted by Gasteiger charge is 2.00. The number of aromatic nitrogens is 2. The number of benzene rings is 1. The Balaban J connectivity index is 1.93. The molecule has 0 saturated heterocycles. The van der Waals surface area contributed by atoms with Gasteiger partial charge in [-0.1, -0.05) is 36.4 Å². The van der Waals surface area contributed by atoms with E-state index in [0.717, 1.165) is 36.8 Å². The summed E-state index contributed by atoms with van der Waals surface area (Å²) in [5.74, 6) is 0.717. The molecule has 0 fully saturated rings. The predicted molar refractivity (Wildman–Crippen MR) is 95.9 cm³/mol. The van der Waals surface area contributed by atoms with Crippen LogP contribution in [-0.2, 0) is 6.42 Å². The Bertz CT molecular complexity index is 628. The molecule has 2 aromatic rings. The molecule has 0 aliphatic heterocycles. The molecule has 0 aliphatic carbocycles. The molecule has 1 heterocycles. The van der Waals surface area contributed by atoms with Crippen molar-refractivity contribution in [2.24, 2.45) is 0 Å². The molecule has 0 saturated carbocycles. The van der Waals surface area contributed by atoms with Gasteiger partial charge in [-0.05, 0) is 49.8 Å². The molecule has 0 bridgehead atoms. The number of unbranched alkanes of at least 4 members (excludes halogenated alkanes) is 1. The van der Waals surface area contributed by atoms with Crippen LogP contribution in [0.3, 0.4) is 0 Å². The smallest absolute Gasteiger partial charge is 0.151 e. The minimum absolute atomic E-state index is 0.225. The summed E-state index contributed by atoms with van der Waals surface area (Å²) in [7, 11) is 0. The van der Waals surface area contributed by atoms with Gasteiger partial charge in [0.15, 0.2) is 5.82 Å². The number of hydrogen-bond acceptors (Lipinski definition) is 3. The van der Waals surface area contributed by atoms with E-state index in [1.54, 1.807) is 0 Å². The Morgan fingerprint density at radius 2 is 1.83 bits per heavy atom. The van der Waals surface area contributed by atoms with Crippen LogP contribution in [0.25, 0.3) is 17.2 Å². The van der Waals surface area contributed by atoms with Crippen molar-refractivity contribution >= 4 is 6.08 Å². The van der Waals surface area contributed by atoms with Crippen molar-refractivity contribution in [1.29, 1.82) is 0 Å². The third kappa shape index (κ3) is 5.80. The predicted octanol–water partition coefficient (Wildman–Crippen LogP) is 4.44. The van der Waals surface area contributed by atoms with Gasteiger partial charge < -0.3 is 5.11 Å². The average Bonchev–Trinajstić information content (AvgIpc) is 2.56. The first-order valence-electron chi connectivity index (χ1n) is 8.06. The second kappa shape index (κ2) is 9.01. The van der Waals surface area contributed by atoms with Gasteiger partial charge >= 0.3 is 0 Å². The molecule has 1 N–H and O–H groups in total. The van der Waals surface area contributed by atoms with E-state index in [1.807, 2.05) is 31.5 Å². The SMILES string of the molecule is C=CCc1ccc(-c2cnc(/C=C/CCCC(C)O)nc2)cc1. The second-order valence-corrected chi connectivity index (χ2v) is 5.70. The monoisotopic (exact) mass is 308 g/mol. The Morgan fingerprint density at radius 1 is 1.13 bits per heavy atom. The van der Waals surface area contributed by atoms with Crippen LogP contribution in [0.4, 0.5) is 0 Å². The van der Waals surface area contributed by atoms with Crippen LogP contribution < -0.4 is 0 Å². The molecule has 0 radical (unpaired) electrons. The Kier molecular flexibility index (Phi) is 6.70. The maximum absolute atomic E-state index is 9.20. The fraction of sp³-hybridized carbons (Fsp3) is 0.300. The third-order valence-corrected chi connectivity index (χ3v) is 3.60. The number of allylic oxidation sites excluding steroid dienone is 2. The fourth-order valence-corrected chi connectivity index (χ4v) is 2.29. The summed E-state index contributed by atoms with van der Waals surface area (Å²) < 4.78 is 0. The van der Waals surface area contributed by atoms with Crippen molar-refractivity contribution in [1.82, 2.24) is 9.97 Å². The van der Waals surface area contributed by atoms with E-state index in [1.165, 1.54) is 5.56 Å². The Hall–Kier alpha value is -2.26. The molecule has 1 atom stereocenters. The van der Waals surface area contributed by atoms with Crippen LogP contribution in [0.1, 0.15) is 37.6 Å². The van der Waals surface area contributed by atoms with Crippen LogP contribution in [-0.4, -0.2) is 21.2 Å². The van der Waals surface area contributed by atoms with E-state index in [2.05, 4.69) is 46.9 Å². The Labute approximate surface area is 138 Å². The summed E-state index contributed by atoms with van der Waals surface area (Å²) in [5.41, 5.74) is 3.38. The molecule has 1 aromatic heterocycles. The molecule has 3 heteroatoms. The highest BCUT2D eigenvalue weighted by atomic mass is 16.3. The minimum atomic E-state index is -0.225. The van der Waals surface area contributed by atoms with Crippen molar-refractivity contribution in [3.63, 3.8) is 0 Å². The van der Waals surface area contributed by atoms with Crippen LogP contribution in [0.2, 0.25) is 0 Å². The minimum Gasteiger partial charge on any atom is -0.393 e. The standard InChI is InChI=1S/C20H24N2O/c1-3-7-17-10-12-18(13-11-17)19-14-21-20(22-15-19)9-6-4-5-8-16(2)23/h3,6,9-16,23H,1,4-5,7-8H2,2H3/b9-6+. The normalized spacial score (nSPS) is 12.4. The number of hydrogen-bond donors (Lipinski definition) is 1. The molecule has 0 amide bonds. The van der Waals surface area contributed by atoms with Crippen molar-refractivity contribution in [3.05, 3.63) is 66.8 Å². The Morgan fingerprint density at radius 3 is 2.43 bits per heavy atom. The quantitative estimate of drug-likeness (QED) is 0.579. The van der Waals surface area contributed by atoms with Crippen LogP contribution in [0.5, 0.6) is 0 Å². The van der Waals surface area contributed by atoms with Gasteiger partial charge in [0, 0.05) is 18.0 Å². The van der Waals surface area contributed by atoms with Gasteiger partial charge in [-0.25, -0.2) is 9.97 Å². The maximum atomic E-state index is 9.20. The maximum Gasteiger partial charge on any atom is 0.151 e. The van der Waals surface area contributed by atoms with E-state index < -0.39 is 0 Å². The van der Waals surface area contributed by atoms with Crippen LogP contribution in [0, 0.1) is 0 Å². The molecule has 3 nitrogen and oxygen atoms in total. The van der Waals surface area contributed by atoms with Gasteiger partial charge in [0.2, 0.25) is 0 Å². The van der Waals surface area contributed by atoms with Gasteiger partial charge in [-0.3, -0.25) is 0 Å². The number of nitrogens with zero attached hydrogens (tertiary/aromatic N) is 2. The lowest BCUT2D eigenvalue weighted by atomic mass is 10.1. The summed E-state index contributed by atoms with van der Waals surface area (Å²) in [4.78, 5) is 8.77. The lowest BCUT2D eigenvalue weighted by Crippen LogP contribution is -1.97. The average molecular weight is 308 g/mol. The van der Waals surface area contributed by atoms with E-state index in [4.69, 9.17) is 0 Å². The van der Waals surface area contributed by atoms with Gasteiger partial charge in [-0.2, -0.15) is 0 Å². The zero-order chi connectivity index (χ0) is 16.5. The van der Waals surface area contributed by atoms with Crippen molar-refractivity contribution in [3.8, 4) is 11.1 Å². The second-order valence-electron chi connectivity index (χ2n) is 5.70. The fourth-order valence-electron chi connectivity index (χ4n) is 2.29. The molecule has 0 aliphatic rings. The van der Waals surface area contributed by atoms with Crippen LogP contribution in [0.15, 0.2) is 55.4 Å². The summed E-state index contributed by atoms with van der Waals surface area (Å²) in [6.45, 7) is 5.57. The molecular weight excluding hydrogens is 284 g/mol. The van der Waals surface area contributed by atoms with E-state index in [9.17, 15) is 5.11 Å². The lowest BCUT2D eigenvalue weighted by molar-refractivity contribution is 0.182. The molecule has 2 rings (SSSR count). The van der Waals surface area contributed by atoms with Gasteiger partial charge in [-0.15, -0.1) is 6.58 Å². The molecule has 23 heavy (non-hydrogen) atoms. The van der Waals surface area contributed by atoms with E-state index in [-0.39, 0.29) is 6.10 Å². The molecular formula is C20H24N2O. The van der Waals surface area contributed by atoms with E-state index >= 15 is 0 Å². The zero-order valence-electron chi connectivity index (χ0n) is 13.7. The topological polar surface area (TPSA) is 46.0 Å². The van der Waals surface area contributed by atoms with Gasteiger partial charge in [0.1, 0.15) is 0 Å². The summed E-state index contributed by atoms with van der Waals surface area (Å²) >= 11 is 0. The number of aliphatic hydroxyl groups is 1. The van der Waals surface area contributed by atoms with E-state index in [0.29, 0.717) is 5.82 Å². The largest absolute Gasteiger partial charge is 0.393 e. The third-order valence-electron chi connectivity index (χ3n) is 3.60. The van der Waals surface area contributed by atoms with Gasteiger partial charge in [0.05, 0.1) is 6.10 Å². The summed E-state index contributed by atoms with van der Waals surface area (Å²) in [6, 6.07) is 8.38. The van der Waals surface area contributed by atoms with Gasteiger partial charge in [0.25, 0.3) is 0 Å². The van der Waals surface area contributed by atoms with Crippen molar-refractivity contribution in [2.45, 2.75) is 38.7 Å². The first-order chi connectivity index (χ1) is 11.2. The van der Waals surface area contributed by atoms with Crippen LogP contribution >= 0.6 is 0 Å². The molecule has 1 unspecified atom stereocenters. The first-order valence-corrected chi connectivity index (χ1v) is 8.06. The first kappa shape index (κ1) is 17.1. The summed E-state index contributed by atoms with van der Waals surface area (Å²) in [5, 5.41) is 9.20. The molecule has 1 aromatic carbocycles. The molecule has 120 valence electrons.